The van der Waals surface area contributed by atoms with Crippen molar-refractivity contribution >= 4 is 33.6 Å². The number of thiazole rings is 1. The minimum absolute atomic E-state index is 0.0688. The number of hydrogen-bond acceptors (Lipinski definition) is 5. The summed E-state index contributed by atoms with van der Waals surface area (Å²) in [5, 5.41) is 0. The second kappa shape index (κ2) is 7.94. The molecule has 2 fully saturated rings. The van der Waals surface area contributed by atoms with E-state index in [2.05, 4.69) is 17.1 Å². The van der Waals surface area contributed by atoms with Gasteiger partial charge in [0.2, 0.25) is 5.91 Å². The first-order chi connectivity index (χ1) is 13.8. The number of aryl methyl sites for hydroxylation is 1. The van der Waals surface area contributed by atoms with Gasteiger partial charge in [-0.15, -0.1) is 11.3 Å². The summed E-state index contributed by atoms with van der Waals surface area (Å²) in [7, 11) is 0. The second-order valence-corrected chi connectivity index (χ2v) is 9.91. The average molecular weight is 416 g/mol. The minimum Gasteiger partial charge on any atom is -0.444 e. The van der Waals surface area contributed by atoms with Gasteiger partial charge in [-0.25, -0.2) is 9.78 Å². The highest BCUT2D eigenvalue weighted by Gasteiger charge is 2.43. The number of hydrogen-bond donors (Lipinski definition) is 0. The number of ether oxygens (including phenoxy) is 1. The van der Waals surface area contributed by atoms with E-state index in [1.54, 1.807) is 16.2 Å². The van der Waals surface area contributed by atoms with E-state index in [1.165, 1.54) is 10.3 Å². The van der Waals surface area contributed by atoms with E-state index in [4.69, 9.17) is 4.74 Å². The van der Waals surface area contributed by atoms with Crippen molar-refractivity contribution in [2.45, 2.75) is 58.1 Å². The maximum Gasteiger partial charge on any atom is 0.410 e. The van der Waals surface area contributed by atoms with Crippen LogP contribution in [0.3, 0.4) is 0 Å². The van der Waals surface area contributed by atoms with E-state index in [-0.39, 0.29) is 24.0 Å². The van der Waals surface area contributed by atoms with Crippen molar-refractivity contribution in [1.29, 1.82) is 0 Å². The van der Waals surface area contributed by atoms with Crippen LogP contribution in [0.2, 0.25) is 0 Å². The number of benzene rings is 1. The molecule has 29 heavy (non-hydrogen) atoms. The Morgan fingerprint density at radius 3 is 2.93 bits per heavy atom. The molecule has 2 aromatic rings. The van der Waals surface area contributed by atoms with Crippen molar-refractivity contribution in [2.75, 3.05) is 19.6 Å². The molecule has 1 aromatic heterocycles. The molecule has 2 aliphatic heterocycles. The van der Waals surface area contributed by atoms with Gasteiger partial charge in [-0.1, -0.05) is 12.1 Å². The summed E-state index contributed by atoms with van der Waals surface area (Å²) >= 11 is 1.68. The molecule has 0 aliphatic carbocycles. The van der Waals surface area contributed by atoms with Crippen LogP contribution in [0.15, 0.2) is 23.7 Å². The van der Waals surface area contributed by atoms with Crippen LogP contribution in [0.1, 0.15) is 45.6 Å². The molecule has 0 radical (unpaired) electrons. The summed E-state index contributed by atoms with van der Waals surface area (Å²) < 4.78 is 6.76. The van der Waals surface area contributed by atoms with Crippen molar-refractivity contribution in [3.63, 3.8) is 0 Å². The van der Waals surface area contributed by atoms with Gasteiger partial charge in [-0.3, -0.25) is 4.79 Å². The largest absolute Gasteiger partial charge is 0.444 e. The molecule has 0 saturated carbocycles. The molecule has 0 bridgehead atoms. The molecule has 2 atom stereocenters. The predicted molar refractivity (Wildman–Crippen MR) is 114 cm³/mol. The Morgan fingerprint density at radius 1 is 1.31 bits per heavy atom. The van der Waals surface area contributed by atoms with Crippen LogP contribution in [-0.2, 0) is 16.0 Å². The summed E-state index contributed by atoms with van der Waals surface area (Å²) in [5.41, 5.74) is 3.78. The number of carbonyl (C=O) groups is 2. The van der Waals surface area contributed by atoms with Crippen molar-refractivity contribution in [2.24, 2.45) is 5.92 Å². The predicted octanol–water partition coefficient (Wildman–Crippen LogP) is 4.09. The van der Waals surface area contributed by atoms with Gasteiger partial charge in [0.1, 0.15) is 5.60 Å². The number of rotatable bonds is 4. The molecule has 156 valence electrons. The summed E-state index contributed by atoms with van der Waals surface area (Å²) in [5.74, 6) is 0.328. The maximum absolute atomic E-state index is 12.8. The highest BCUT2D eigenvalue weighted by atomic mass is 32.1. The van der Waals surface area contributed by atoms with E-state index < -0.39 is 5.60 Å². The molecule has 2 amide bonds. The number of aromatic nitrogens is 1. The van der Waals surface area contributed by atoms with Gasteiger partial charge in [-0.05, 0) is 58.1 Å². The van der Waals surface area contributed by atoms with Crippen LogP contribution in [0.25, 0.3) is 10.2 Å². The number of piperazine rings is 1. The molecule has 0 N–H and O–H groups in total. The molecule has 4 rings (SSSR count). The molecular weight excluding hydrogens is 386 g/mol. The van der Waals surface area contributed by atoms with E-state index in [0.29, 0.717) is 19.6 Å². The number of nitrogens with zero attached hydrogens (tertiary/aromatic N) is 3. The fourth-order valence-electron chi connectivity index (χ4n) is 4.43. The SMILES string of the molecule is CC(C)(C)OC(=O)N1CCN2C(=O)[C@@H](CCCc3cccc4ncsc34)C[C@H]2C1. The quantitative estimate of drug-likeness (QED) is 0.755. The molecular formula is C22H29N3O3S. The lowest BCUT2D eigenvalue weighted by Crippen LogP contribution is -2.54. The Labute approximate surface area is 175 Å². The monoisotopic (exact) mass is 415 g/mol. The maximum atomic E-state index is 12.8. The van der Waals surface area contributed by atoms with Gasteiger partial charge < -0.3 is 14.5 Å². The van der Waals surface area contributed by atoms with Crippen LogP contribution < -0.4 is 0 Å². The smallest absolute Gasteiger partial charge is 0.410 e. The first kappa shape index (κ1) is 20.1. The Morgan fingerprint density at radius 2 is 2.14 bits per heavy atom. The Bertz CT molecular complexity index is 904. The van der Waals surface area contributed by atoms with E-state index >= 15 is 0 Å². The standard InChI is InChI=1S/C22H29N3O3S/c1-22(2,3)28-21(27)24-10-11-25-17(13-24)12-16(20(25)26)8-4-6-15-7-5-9-18-19(15)29-14-23-18/h5,7,9,14,16-17H,4,6,8,10-13H2,1-3H3/t16-,17-/m0/s1. The molecule has 1 aromatic carbocycles. The van der Waals surface area contributed by atoms with E-state index in [0.717, 1.165) is 31.2 Å². The fourth-order valence-corrected chi connectivity index (χ4v) is 5.26. The summed E-state index contributed by atoms with van der Waals surface area (Å²) in [6, 6.07) is 6.39. The molecule has 3 heterocycles. The third-order valence-electron chi connectivity index (χ3n) is 5.76. The number of carbonyl (C=O) groups excluding carboxylic acids is 2. The van der Waals surface area contributed by atoms with Gasteiger partial charge in [0, 0.05) is 25.6 Å². The van der Waals surface area contributed by atoms with Crippen LogP contribution in [0, 0.1) is 5.92 Å². The third kappa shape index (κ3) is 4.39. The van der Waals surface area contributed by atoms with Crippen LogP contribution in [0.4, 0.5) is 4.79 Å². The topological polar surface area (TPSA) is 62.7 Å². The van der Waals surface area contributed by atoms with Gasteiger partial charge >= 0.3 is 6.09 Å². The summed E-state index contributed by atoms with van der Waals surface area (Å²) in [6.07, 6.45) is 3.42. The first-order valence-electron chi connectivity index (χ1n) is 10.4. The Kier molecular flexibility index (Phi) is 5.51. The average Bonchev–Trinajstić information content (AvgIpc) is 3.25. The lowest BCUT2D eigenvalue weighted by molar-refractivity contribution is -0.133. The lowest BCUT2D eigenvalue weighted by Gasteiger charge is -2.38. The Balaban J connectivity index is 1.31. The van der Waals surface area contributed by atoms with Crippen molar-refractivity contribution in [1.82, 2.24) is 14.8 Å². The fraction of sp³-hybridized carbons (Fsp3) is 0.591. The molecule has 0 spiro atoms. The normalized spacial score (nSPS) is 22.2. The zero-order valence-corrected chi connectivity index (χ0v) is 18.2. The van der Waals surface area contributed by atoms with Gasteiger partial charge in [0.05, 0.1) is 21.8 Å². The summed E-state index contributed by atoms with van der Waals surface area (Å²) in [4.78, 5) is 33.3. The van der Waals surface area contributed by atoms with Gasteiger partial charge in [-0.2, -0.15) is 0 Å². The lowest BCUT2D eigenvalue weighted by atomic mass is 9.96. The number of fused-ring (bicyclic) bond motifs is 2. The minimum atomic E-state index is -0.497. The van der Waals surface area contributed by atoms with Crippen LogP contribution >= 0.6 is 11.3 Å². The molecule has 0 unspecified atom stereocenters. The Hall–Kier alpha value is -2.15. The number of amides is 2. The first-order valence-corrected chi connectivity index (χ1v) is 11.3. The highest BCUT2D eigenvalue weighted by molar-refractivity contribution is 7.16. The van der Waals surface area contributed by atoms with Crippen molar-refractivity contribution < 1.29 is 14.3 Å². The summed E-state index contributed by atoms with van der Waals surface area (Å²) in [6.45, 7) is 7.38. The van der Waals surface area contributed by atoms with E-state index in [9.17, 15) is 9.59 Å². The molecule has 7 heteroatoms. The van der Waals surface area contributed by atoms with Gasteiger partial charge in [0.25, 0.3) is 0 Å². The zero-order valence-electron chi connectivity index (χ0n) is 17.4. The van der Waals surface area contributed by atoms with Crippen molar-refractivity contribution in [3.8, 4) is 0 Å². The zero-order chi connectivity index (χ0) is 20.6. The third-order valence-corrected chi connectivity index (χ3v) is 6.68. The molecule has 6 nitrogen and oxygen atoms in total. The second-order valence-electron chi connectivity index (χ2n) is 9.05. The van der Waals surface area contributed by atoms with Gasteiger partial charge in [0.15, 0.2) is 0 Å². The van der Waals surface area contributed by atoms with Crippen LogP contribution in [0.5, 0.6) is 0 Å². The van der Waals surface area contributed by atoms with Crippen LogP contribution in [-0.4, -0.2) is 58.1 Å². The molecule has 2 aliphatic rings. The van der Waals surface area contributed by atoms with Crippen molar-refractivity contribution in [3.05, 3.63) is 29.3 Å². The van der Waals surface area contributed by atoms with E-state index in [1.807, 2.05) is 37.2 Å². The molecule has 2 saturated heterocycles. The highest BCUT2D eigenvalue weighted by Crippen LogP contribution is 2.32.